The highest BCUT2D eigenvalue weighted by Crippen LogP contribution is 2.26. The lowest BCUT2D eigenvalue weighted by molar-refractivity contribution is 0.302. The molecule has 27 heavy (non-hydrogen) atoms. The van der Waals surface area contributed by atoms with Crippen LogP contribution in [-0.4, -0.2) is 37.3 Å². The molecule has 1 aromatic heterocycles. The summed E-state index contributed by atoms with van der Waals surface area (Å²) in [6.45, 7) is 7.23. The largest absolute Gasteiger partial charge is 0.361 e. The van der Waals surface area contributed by atoms with Gasteiger partial charge >= 0.3 is 0 Å². The molecule has 0 saturated heterocycles. The number of aromatic nitrogens is 1. The van der Waals surface area contributed by atoms with Crippen molar-refractivity contribution >= 4 is 20.9 Å². The van der Waals surface area contributed by atoms with Crippen molar-refractivity contribution in [1.82, 2.24) is 15.0 Å². The van der Waals surface area contributed by atoms with Crippen molar-refractivity contribution in [3.8, 4) is 0 Å². The fraction of sp³-hybridized carbons (Fsp3) is 0.619. The highest BCUT2D eigenvalue weighted by Gasteiger charge is 2.32. The van der Waals surface area contributed by atoms with E-state index < -0.39 is 14.8 Å². The van der Waals surface area contributed by atoms with Crippen molar-refractivity contribution in [3.05, 3.63) is 36.0 Å². The second-order valence-corrected chi connectivity index (χ2v) is 11.2. The van der Waals surface area contributed by atoms with Gasteiger partial charge in [0.25, 0.3) is 0 Å². The van der Waals surface area contributed by atoms with Crippen LogP contribution in [0.5, 0.6) is 0 Å². The molecule has 5 nitrogen and oxygen atoms in total. The smallest absolute Gasteiger partial charge is 0.216 e. The Morgan fingerprint density at radius 1 is 1.11 bits per heavy atom. The lowest BCUT2D eigenvalue weighted by atomic mass is 9.86. The highest BCUT2D eigenvalue weighted by molar-refractivity contribution is 7.90. The van der Waals surface area contributed by atoms with Gasteiger partial charge in [0.1, 0.15) is 0 Å². The molecule has 0 aliphatic heterocycles. The van der Waals surface area contributed by atoms with Gasteiger partial charge in [-0.25, -0.2) is 13.1 Å². The molecule has 3 N–H and O–H groups in total. The van der Waals surface area contributed by atoms with E-state index >= 15 is 0 Å². The van der Waals surface area contributed by atoms with Gasteiger partial charge in [-0.05, 0) is 83.5 Å². The Balaban J connectivity index is 1.38. The summed E-state index contributed by atoms with van der Waals surface area (Å²) in [5, 5.41) is 4.90. The maximum absolute atomic E-state index is 12.3. The number of benzene rings is 1. The molecule has 150 valence electrons. The minimum Gasteiger partial charge on any atom is -0.361 e. The van der Waals surface area contributed by atoms with Crippen LogP contribution >= 0.6 is 0 Å². The number of hydrogen-bond acceptors (Lipinski definition) is 3. The summed E-state index contributed by atoms with van der Waals surface area (Å²) in [5.41, 5.74) is 2.56. The minimum atomic E-state index is -3.25. The van der Waals surface area contributed by atoms with E-state index in [-0.39, 0.29) is 6.04 Å². The monoisotopic (exact) mass is 391 g/mol. The summed E-state index contributed by atoms with van der Waals surface area (Å²) in [5.74, 6) is 0.642. The summed E-state index contributed by atoms with van der Waals surface area (Å²) in [6.07, 6.45) is 7.16. The summed E-state index contributed by atoms with van der Waals surface area (Å²) < 4.78 is 26.7. The lowest BCUT2D eigenvalue weighted by Gasteiger charge is -2.31. The SMILES string of the molecule is CC(C)(C)S(=O)(=O)NC1CCC(CNCCc2c[nH]c3ccccc23)CC1. The van der Waals surface area contributed by atoms with Gasteiger partial charge in [0.15, 0.2) is 0 Å². The third-order valence-corrected chi connectivity index (χ3v) is 7.91. The molecule has 0 radical (unpaired) electrons. The van der Waals surface area contributed by atoms with Crippen molar-refractivity contribution in [2.45, 2.75) is 63.7 Å². The Bertz CT molecular complexity index is 844. The fourth-order valence-electron chi connectivity index (χ4n) is 3.75. The number of nitrogens with one attached hydrogen (secondary N) is 3. The Hall–Kier alpha value is -1.37. The zero-order valence-electron chi connectivity index (χ0n) is 16.7. The van der Waals surface area contributed by atoms with Gasteiger partial charge in [0.05, 0.1) is 4.75 Å². The Morgan fingerprint density at radius 2 is 1.81 bits per heavy atom. The molecule has 3 rings (SSSR count). The van der Waals surface area contributed by atoms with Crippen molar-refractivity contribution in [2.75, 3.05) is 13.1 Å². The minimum absolute atomic E-state index is 0.0942. The zero-order valence-corrected chi connectivity index (χ0v) is 17.5. The summed E-state index contributed by atoms with van der Waals surface area (Å²) in [7, 11) is -3.25. The Kier molecular flexibility index (Phi) is 6.28. The maximum atomic E-state index is 12.3. The fourth-order valence-corrected chi connectivity index (χ4v) is 4.78. The van der Waals surface area contributed by atoms with Crippen LogP contribution in [0.4, 0.5) is 0 Å². The van der Waals surface area contributed by atoms with Crippen LogP contribution in [0.3, 0.4) is 0 Å². The zero-order chi connectivity index (χ0) is 19.5. The van der Waals surface area contributed by atoms with Gasteiger partial charge in [0.2, 0.25) is 10.0 Å². The number of fused-ring (bicyclic) bond motifs is 1. The van der Waals surface area contributed by atoms with Crippen LogP contribution in [0, 0.1) is 5.92 Å². The lowest BCUT2D eigenvalue weighted by Crippen LogP contribution is -2.46. The summed E-state index contributed by atoms with van der Waals surface area (Å²) in [6, 6.07) is 8.51. The van der Waals surface area contributed by atoms with E-state index in [9.17, 15) is 8.42 Å². The van der Waals surface area contributed by atoms with Crippen LogP contribution in [0.25, 0.3) is 10.9 Å². The van der Waals surface area contributed by atoms with Crippen molar-refractivity contribution in [3.63, 3.8) is 0 Å². The second-order valence-electron chi connectivity index (χ2n) is 8.76. The molecule has 1 aliphatic rings. The van der Waals surface area contributed by atoms with Crippen molar-refractivity contribution in [2.24, 2.45) is 5.92 Å². The number of sulfonamides is 1. The normalized spacial score (nSPS) is 21.6. The Morgan fingerprint density at radius 3 is 2.52 bits per heavy atom. The molecule has 6 heteroatoms. The number of aromatic amines is 1. The molecule has 1 fully saturated rings. The first-order chi connectivity index (χ1) is 12.8. The van der Waals surface area contributed by atoms with Gasteiger partial charge < -0.3 is 10.3 Å². The predicted octanol–water partition coefficient (Wildman–Crippen LogP) is 3.58. The van der Waals surface area contributed by atoms with Crippen molar-refractivity contribution < 1.29 is 8.42 Å². The maximum Gasteiger partial charge on any atom is 0.216 e. The van der Waals surface area contributed by atoms with Gasteiger partial charge in [-0.3, -0.25) is 0 Å². The van der Waals surface area contributed by atoms with E-state index in [0.717, 1.165) is 45.2 Å². The van der Waals surface area contributed by atoms with Crippen LogP contribution in [-0.2, 0) is 16.4 Å². The van der Waals surface area contributed by atoms with E-state index in [4.69, 9.17) is 0 Å². The molecular weight excluding hydrogens is 358 g/mol. The molecule has 1 aromatic carbocycles. The molecule has 1 aliphatic carbocycles. The van der Waals surface area contributed by atoms with Crippen LogP contribution in [0.2, 0.25) is 0 Å². The van der Waals surface area contributed by atoms with Crippen LogP contribution in [0.15, 0.2) is 30.5 Å². The predicted molar refractivity (Wildman–Crippen MR) is 112 cm³/mol. The first kappa shape index (κ1) is 20.4. The standard InChI is InChI=1S/C21H33N3O2S/c1-21(2,3)27(25,26)24-18-10-8-16(9-11-18)14-22-13-12-17-15-23-20-7-5-4-6-19(17)20/h4-7,15-16,18,22-24H,8-14H2,1-3H3. The van der Waals surface area contributed by atoms with Crippen LogP contribution in [0.1, 0.15) is 52.0 Å². The van der Waals surface area contributed by atoms with Crippen molar-refractivity contribution in [1.29, 1.82) is 0 Å². The molecular formula is C21H33N3O2S. The summed E-state index contributed by atoms with van der Waals surface area (Å²) >= 11 is 0. The van der Waals surface area contributed by atoms with Gasteiger partial charge in [-0.15, -0.1) is 0 Å². The van der Waals surface area contributed by atoms with E-state index in [1.807, 2.05) is 0 Å². The van der Waals surface area contributed by atoms with E-state index in [1.54, 1.807) is 20.8 Å². The van der Waals surface area contributed by atoms with E-state index in [0.29, 0.717) is 5.92 Å². The average molecular weight is 392 g/mol. The number of rotatable bonds is 7. The molecule has 0 bridgehead atoms. The number of H-pyrrole nitrogens is 1. The third kappa shape index (κ3) is 5.12. The topological polar surface area (TPSA) is 74.0 Å². The van der Waals surface area contributed by atoms with E-state index in [1.165, 1.54) is 16.5 Å². The quantitative estimate of drug-likeness (QED) is 0.632. The molecule has 0 spiro atoms. The first-order valence-electron chi connectivity index (χ1n) is 10.0. The molecule has 1 heterocycles. The van der Waals surface area contributed by atoms with E-state index in [2.05, 4.69) is 45.5 Å². The Labute approximate surface area is 163 Å². The second kappa shape index (κ2) is 8.33. The van der Waals surface area contributed by atoms with Gasteiger partial charge in [-0.1, -0.05) is 18.2 Å². The molecule has 1 saturated carbocycles. The van der Waals surface area contributed by atoms with Gasteiger partial charge in [0, 0.05) is 23.1 Å². The average Bonchev–Trinajstić information content (AvgIpc) is 3.02. The highest BCUT2D eigenvalue weighted by atomic mass is 32.2. The first-order valence-corrected chi connectivity index (χ1v) is 11.5. The van der Waals surface area contributed by atoms with Crippen LogP contribution < -0.4 is 10.0 Å². The molecule has 2 aromatic rings. The third-order valence-electron chi connectivity index (χ3n) is 5.65. The number of para-hydroxylation sites is 1. The number of hydrogen-bond donors (Lipinski definition) is 3. The van der Waals surface area contributed by atoms with Gasteiger partial charge in [-0.2, -0.15) is 0 Å². The molecule has 0 unspecified atom stereocenters. The summed E-state index contributed by atoms with van der Waals surface area (Å²) in [4.78, 5) is 3.33. The molecule has 0 amide bonds. The molecule has 0 atom stereocenters.